The molecule has 2 unspecified atom stereocenters. The Morgan fingerprint density at radius 3 is 2.33 bits per heavy atom. The highest BCUT2D eigenvalue weighted by Gasteiger charge is 2.22. The van der Waals surface area contributed by atoms with Crippen LogP contribution in [0, 0.1) is 5.92 Å². The monoisotopic (exact) mass is 254 g/mol. The molecule has 0 spiro atoms. The summed E-state index contributed by atoms with van der Waals surface area (Å²) in [5.74, 6) is 1.01. The van der Waals surface area contributed by atoms with Crippen molar-refractivity contribution in [3.63, 3.8) is 0 Å². The van der Waals surface area contributed by atoms with Crippen LogP contribution >= 0.6 is 0 Å². The largest absolute Gasteiger partial charge is 0.313 e. The molecule has 1 aliphatic heterocycles. The molecule has 18 heavy (non-hydrogen) atoms. The van der Waals surface area contributed by atoms with Crippen molar-refractivity contribution in [2.75, 3.05) is 19.6 Å². The van der Waals surface area contributed by atoms with Crippen LogP contribution in [0.1, 0.15) is 66.2 Å². The molecule has 0 amide bonds. The maximum atomic E-state index is 3.68. The lowest BCUT2D eigenvalue weighted by molar-refractivity contribution is 0.133. The number of hydrogen-bond acceptors (Lipinski definition) is 2. The Hall–Kier alpha value is -0.0800. The number of nitrogens with zero attached hydrogens (tertiary/aromatic N) is 1. The number of likely N-dealkylation sites (tertiary alicyclic amines) is 1. The summed E-state index contributed by atoms with van der Waals surface area (Å²) in [5, 5.41) is 3.68. The molecule has 0 aromatic carbocycles. The fraction of sp³-hybridized carbons (Fsp3) is 1.00. The summed E-state index contributed by atoms with van der Waals surface area (Å²) < 4.78 is 0. The molecular weight excluding hydrogens is 220 g/mol. The van der Waals surface area contributed by atoms with E-state index in [1.807, 2.05) is 0 Å². The molecule has 0 radical (unpaired) electrons. The van der Waals surface area contributed by atoms with Gasteiger partial charge in [-0.1, -0.05) is 33.1 Å². The minimum Gasteiger partial charge on any atom is -0.313 e. The summed E-state index contributed by atoms with van der Waals surface area (Å²) in [7, 11) is 0. The van der Waals surface area contributed by atoms with Crippen molar-refractivity contribution in [3.8, 4) is 0 Å². The van der Waals surface area contributed by atoms with Crippen molar-refractivity contribution in [1.29, 1.82) is 0 Å². The third kappa shape index (κ3) is 5.71. The van der Waals surface area contributed by atoms with E-state index in [4.69, 9.17) is 0 Å². The van der Waals surface area contributed by atoms with E-state index in [2.05, 4.69) is 37.9 Å². The summed E-state index contributed by atoms with van der Waals surface area (Å²) in [6, 6.07) is 1.38. The molecule has 1 N–H and O–H groups in total. The Balaban J connectivity index is 2.17. The van der Waals surface area contributed by atoms with E-state index in [-0.39, 0.29) is 0 Å². The SMILES string of the molecule is CCCC1CCN(C(C)CNC(C)CCC)CC1. The minimum absolute atomic E-state index is 0.676. The van der Waals surface area contributed by atoms with Crippen LogP contribution in [0.25, 0.3) is 0 Å². The molecule has 1 rings (SSSR count). The highest BCUT2D eigenvalue weighted by atomic mass is 15.2. The van der Waals surface area contributed by atoms with Gasteiger partial charge in [0.25, 0.3) is 0 Å². The van der Waals surface area contributed by atoms with Gasteiger partial charge >= 0.3 is 0 Å². The van der Waals surface area contributed by atoms with Crippen molar-refractivity contribution in [2.45, 2.75) is 78.3 Å². The highest BCUT2D eigenvalue weighted by Crippen LogP contribution is 2.22. The number of piperidine rings is 1. The van der Waals surface area contributed by atoms with Gasteiger partial charge in [0.2, 0.25) is 0 Å². The zero-order valence-corrected chi connectivity index (χ0v) is 13.0. The summed E-state index contributed by atoms with van der Waals surface area (Å²) >= 11 is 0. The molecule has 0 saturated carbocycles. The molecule has 108 valence electrons. The molecule has 1 aliphatic rings. The van der Waals surface area contributed by atoms with Crippen LogP contribution in [0.4, 0.5) is 0 Å². The first kappa shape index (κ1) is 16.0. The summed E-state index contributed by atoms with van der Waals surface area (Å²) in [6.45, 7) is 13.1. The second-order valence-electron chi connectivity index (χ2n) is 6.22. The summed E-state index contributed by atoms with van der Waals surface area (Å²) in [4.78, 5) is 2.68. The molecule has 2 nitrogen and oxygen atoms in total. The molecule has 0 aliphatic carbocycles. The van der Waals surface area contributed by atoms with E-state index < -0.39 is 0 Å². The second kappa shape index (κ2) is 8.92. The van der Waals surface area contributed by atoms with Crippen molar-refractivity contribution in [1.82, 2.24) is 10.2 Å². The lowest BCUT2D eigenvalue weighted by atomic mass is 9.92. The fourth-order valence-corrected chi connectivity index (χ4v) is 3.13. The molecule has 0 aromatic heterocycles. The van der Waals surface area contributed by atoms with E-state index in [1.54, 1.807) is 0 Å². The highest BCUT2D eigenvalue weighted by molar-refractivity contribution is 4.78. The first-order valence-electron chi connectivity index (χ1n) is 8.14. The van der Waals surface area contributed by atoms with Crippen LogP contribution < -0.4 is 5.32 Å². The molecule has 0 bridgehead atoms. The maximum absolute atomic E-state index is 3.68. The molecule has 1 saturated heterocycles. The van der Waals surface area contributed by atoms with E-state index in [9.17, 15) is 0 Å². The first-order valence-corrected chi connectivity index (χ1v) is 8.14. The molecule has 0 aromatic rings. The predicted molar refractivity (Wildman–Crippen MR) is 81.0 cm³/mol. The van der Waals surface area contributed by atoms with Crippen LogP contribution in [0.2, 0.25) is 0 Å². The first-order chi connectivity index (χ1) is 8.67. The van der Waals surface area contributed by atoms with Crippen LogP contribution in [0.15, 0.2) is 0 Å². The second-order valence-corrected chi connectivity index (χ2v) is 6.22. The van der Waals surface area contributed by atoms with Crippen molar-refractivity contribution >= 4 is 0 Å². The quantitative estimate of drug-likeness (QED) is 0.711. The number of hydrogen-bond donors (Lipinski definition) is 1. The van der Waals surface area contributed by atoms with E-state index in [0.29, 0.717) is 12.1 Å². The van der Waals surface area contributed by atoms with Gasteiger partial charge in [-0.2, -0.15) is 0 Å². The van der Waals surface area contributed by atoms with Gasteiger partial charge < -0.3 is 5.32 Å². The smallest absolute Gasteiger partial charge is 0.0192 e. The van der Waals surface area contributed by atoms with Crippen LogP contribution in [-0.2, 0) is 0 Å². The zero-order chi connectivity index (χ0) is 13.4. The molecular formula is C16H34N2. The third-order valence-electron chi connectivity index (χ3n) is 4.45. The number of nitrogens with one attached hydrogen (secondary N) is 1. The van der Waals surface area contributed by atoms with Crippen molar-refractivity contribution in [2.24, 2.45) is 5.92 Å². The predicted octanol–water partition coefficient (Wildman–Crippen LogP) is 3.67. The average molecular weight is 254 g/mol. The summed E-state index contributed by atoms with van der Waals surface area (Å²) in [6.07, 6.45) is 8.21. The standard InChI is InChI=1S/C16H34N2/c1-5-7-14(3)17-13-15(4)18-11-9-16(8-6-2)10-12-18/h14-17H,5-13H2,1-4H3. The van der Waals surface area contributed by atoms with Gasteiger partial charge in [0.1, 0.15) is 0 Å². The van der Waals surface area contributed by atoms with Crippen LogP contribution in [0.3, 0.4) is 0 Å². The lowest BCUT2D eigenvalue weighted by Crippen LogP contribution is -2.46. The Bertz CT molecular complexity index is 197. The molecule has 1 fully saturated rings. The van der Waals surface area contributed by atoms with Gasteiger partial charge in [-0.25, -0.2) is 0 Å². The molecule has 2 heteroatoms. The Labute approximate surface area is 115 Å². The number of rotatable bonds is 8. The van der Waals surface area contributed by atoms with Gasteiger partial charge in [0.05, 0.1) is 0 Å². The Morgan fingerprint density at radius 1 is 1.11 bits per heavy atom. The van der Waals surface area contributed by atoms with Gasteiger partial charge in [-0.05, 0) is 52.1 Å². The normalized spacial score (nSPS) is 22.0. The molecule has 1 heterocycles. The average Bonchev–Trinajstić information content (AvgIpc) is 2.37. The Morgan fingerprint density at radius 2 is 1.78 bits per heavy atom. The minimum atomic E-state index is 0.676. The lowest BCUT2D eigenvalue weighted by Gasteiger charge is -2.36. The van der Waals surface area contributed by atoms with Crippen LogP contribution in [0.5, 0.6) is 0 Å². The van der Waals surface area contributed by atoms with E-state index in [0.717, 1.165) is 12.5 Å². The van der Waals surface area contributed by atoms with Gasteiger partial charge in [0, 0.05) is 18.6 Å². The maximum Gasteiger partial charge on any atom is 0.0192 e. The van der Waals surface area contributed by atoms with E-state index in [1.165, 1.54) is 51.6 Å². The summed E-state index contributed by atoms with van der Waals surface area (Å²) in [5.41, 5.74) is 0. The van der Waals surface area contributed by atoms with Gasteiger partial charge in [-0.3, -0.25) is 4.90 Å². The molecule has 2 atom stereocenters. The third-order valence-corrected chi connectivity index (χ3v) is 4.45. The van der Waals surface area contributed by atoms with Gasteiger partial charge in [-0.15, -0.1) is 0 Å². The fourth-order valence-electron chi connectivity index (χ4n) is 3.13. The van der Waals surface area contributed by atoms with Crippen molar-refractivity contribution < 1.29 is 0 Å². The van der Waals surface area contributed by atoms with Crippen LogP contribution in [-0.4, -0.2) is 36.6 Å². The van der Waals surface area contributed by atoms with Gasteiger partial charge in [0.15, 0.2) is 0 Å². The topological polar surface area (TPSA) is 15.3 Å². The zero-order valence-electron chi connectivity index (χ0n) is 13.0. The van der Waals surface area contributed by atoms with E-state index >= 15 is 0 Å². The van der Waals surface area contributed by atoms with Crippen molar-refractivity contribution in [3.05, 3.63) is 0 Å². The Kier molecular flexibility index (Phi) is 7.92.